The molecule has 3 aliphatic rings. The van der Waals surface area contributed by atoms with E-state index in [4.69, 9.17) is 18.9 Å². The molecule has 10 heteroatoms. The summed E-state index contributed by atoms with van der Waals surface area (Å²) in [6.07, 6.45) is -5.14. The molecule has 154 valence electrons. The van der Waals surface area contributed by atoms with E-state index in [9.17, 15) is 30.3 Å². The van der Waals surface area contributed by atoms with Crippen LogP contribution in [-0.2, 0) is 23.7 Å². The highest BCUT2D eigenvalue weighted by atomic mass is 16.8. The zero-order chi connectivity index (χ0) is 20.0. The van der Waals surface area contributed by atoms with Gasteiger partial charge in [-0.3, -0.25) is 4.79 Å². The smallest absolute Gasteiger partial charge is 0.303 e. The van der Waals surface area contributed by atoms with E-state index in [1.165, 1.54) is 19.3 Å². The van der Waals surface area contributed by atoms with Crippen LogP contribution in [-0.4, -0.2) is 86.3 Å². The molecule has 0 bridgehead atoms. The fourth-order valence-corrected chi connectivity index (χ4v) is 4.18. The van der Waals surface area contributed by atoms with Gasteiger partial charge in [-0.05, 0) is 25.8 Å². The fourth-order valence-electron chi connectivity index (χ4n) is 4.18. The Kier molecular flexibility index (Phi) is 5.52. The Labute approximate surface area is 155 Å². The van der Waals surface area contributed by atoms with Crippen molar-refractivity contribution in [2.24, 2.45) is 5.92 Å². The summed E-state index contributed by atoms with van der Waals surface area (Å²) in [5.74, 6) is -1.35. The van der Waals surface area contributed by atoms with Crippen LogP contribution < -0.4 is 0 Å². The first-order chi connectivity index (χ1) is 12.6. The van der Waals surface area contributed by atoms with Gasteiger partial charge in [0.15, 0.2) is 6.29 Å². The van der Waals surface area contributed by atoms with Crippen molar-refractivity contribution >= 4 is 5.97 Å². The second-order valence-electron chi connectivity index (χ2n) is 7.52. The van der Waals surface area contributed by atoms with Crippen molar-refractivity contribution in [3.63, 3.8) is 0 Å². The summed E-state index contributed by atoms with van der Waals surface area (Å²) in [7, 11) is 0. The van der Waals surface area contributed by atoms with Gasteiger partial charge in [0.05, 0.1) is 24.4 Å². The molecule has 2 heterocycles. The number of aliphatic hydroxyl groups is 5. The highest BCUT2D eigenvalue weighted by Crippen LogP contribution is 2.51. The molecular weight excluding hydrogens is 364 g/mol. The number of hydrogen-bond acceptors (Lipinski definition) is 10. The minimum atomic E-state index is -1.62. The van der Waals surface area contributed by atoms with Crippen LogP contribution in [0.25, 0.3) is 0 Å². The van der Waals surface area contributed by atoms with Crippen molar-refractivity contribution in [2.45, 2.75) is 74.9 Å². The van der Waals surface area contributed by atoms with Crippen LogP contribution in [0.15, 0.2) is 12.3 Å². The van der Waals surface area contributed by atoms with E-state index < -0.39 is 66.7 Å². The van der Waals surface area contributed by atoms with E-state index in [-0.39, 0.29) is 0 Å². The lowest BCUT2D eigenvalue weighted by Gasteiger charge is -2.45. The molecule has 0 spiro atoms. The van der Waals surface area contributed by atoms with Gasteiger partial charge in [0.2, 0.25) is 6.29 Å². The second kappa shape index (κ2) is 7.28. The number of esters is 1. The number of carbonyl (C=O) groups is 1. The highest BCUT2D eigenvalue weighted by molar-refractivity contribution is 5.66. The zero-order valence-corrected chi connectivity index (χ0v) is 15.1. The highest BCUT2D eigenvalue weighted by Gasteiger charge is 2.62. The van der Waals surface area contributed by atoms with Crippen LogP contribution >= 0.6 is 0 Å². The molecule has 0 radical (unpaired) electrons. The summed E-state index contributed by atoms with van der Waals surface area (Å²) >= 11 is 0. The molecule has 0 aromatic carbocycles. The van der Waals surface area contributed by atoms with Crippen LogP contribution in [0.4, 0.5) is 0 Å². The first-order valence-electron chi connectivity index (χ1n) is 8.82. The summed E-state index contributed by atoms with van der Waals surface area (Å²) < 4.78 is 21.9. The Balaban J connectivity index is 1.83. The van der Waals surface area contributed by atoms with E-state index in [1.54, 1.807) is 6.92 Å². The van der Waals surface area contributed by atoms with Gasteiger partial charge in [0.1, 0.15) is 30.0 Å². The van der Waals surface area contributed by atoms with Crippen molar-refractivity contribution in [1.82, 2.24) is 0 Å². The number of carbonyl (C=O) groups excluding carboxylic acids is 1. The summed E-state index contributed by atoms with van der Waals surface area (Å²) in [5, 5.41) is 50.2. The molecular formula is C17H26O10. The molecule has 1 saturated carbocycles. The van der Waals surface area contributed by atoms with E-state index >= 15 is 0 Å². The van der Waals surface area contributed by atoms with Crippen molar-refractivity contribution in [1.29, 1.82) is 0 Å². The van der Waals surface area contributed by atoms with Crippen molar-refractivity contribution in [2.75, 3.05) is 6.61 Å². The molecule has 0 unspecified atom stereocenters. The standard InChI is InChI=1S/C17H26O10/c1-8(19)27-16(2)3-4-17(23)5-6-24-15(13(16)17)26-14-12(22)11(21)10(20)9(7-18)25-14/h5-6,9-15,18,20-23H,3-4,7H2,1-2H3/t9-,10-,11+,12-,13+,14+,15+,16+,17-/m1/s1. The maximum absolute atomic E-state index is 11.5. The normalized spacial score (nSPS) is 49.4. The molecule has 0 aromatic rings. The monoisotopic (exact) mass is 390 g/mol. The number of rotatable bonds is 4. The summed E-state index contributed by atoms with van der Waals surface area (Å²) in [4.78, 5) is 11.5. The average Bonchev–Trinajstić information content (AvgIpc) is 2.86. The Morgan fingerprint density at radius 2 is 1.89 bits per heavy atom. The quantitative estimate of drug-likeness (QED) is 0.345. The van der Waals surface area contributed by atoms with Gasteiger partial charge in [-0.15, -0.1) is 0 Å². The Hall–Kier alpha value is -1.27. The Bertz CT molecular complexity index is 594. The third kappa shape index (κ3) is 3.58. The summed E-state index contributed by atoms with van der Waals surface area (Å²) in [6.45, 7) is 2.31. The third-order valence-corrected chi connectivity index (χ3v) is 5.55. The van der Waals surface area contributed by atoms with Crippen LogP contribution in [0.3, 0.4) is 0 Å². The van der Waals surface area contributed by atoms with Crippen molar-refractivity contribution in [3.8, 4) is 0 Å². The first kappa shape index (κ1) is 20.5. The molecule has 3 rings (SSSR count). The fraction of sp³-hybridized carbons (Fsp3) is 0.824. The summed E-state index contributed by atoms with van der Waals surface area (Å²) in [5.41, 5.74) is -2.45. The van der Waals surface area contributed by atoms with Gasteiger partial charge in [0, 0.05) is 6.92 Å². The lowest BCUT2D eigenvalue weighted by Crippen LogP contribution is -2.61. The minimum Gasteiger partial charge on any atom is -0.472 e. The third-order valence-electron chi connectivity index (χ3n) is 5.55. The zero-order valence-electron chi connectivity index (χ0n) is 15.1. The minimum absolute atomic E-state index is 0.301. The van der Waals surface area contributed by atoms with Crippen LogP contribution in [0, 0.1) is 5.92 Å². The molecule has 0 amide bonds. The van der Waals surface area contributed by atoms with Crippen LogP contribution in [0.1, 0.15) is 26.7 Å². The van der Waals surface area contributed by atoms with Crippen molar-refractivity contribution in [3.05, 3.63) is 12.3 Å². The Morgan fingerprint density at radius 1 is 1.19 bits per heavy atom. The summed E-state index contributed by atoms with van der Waals surface area (Å²) in [6, 6.07) is 0. The molecule has 5 N–H and O–H groups in total. The maximum Gasteiger partial charge on any atom is 0.303 e. The number of aliphatic hydroxyl groups excluding tert-OH is 4. The van der Waals surface area contributed by atoms with Gasteiger partial charge in [-0.1, -0.05) is 0 Å². The molecule has 1 aliphatic carbocycles. The number of fused-ring (bicyclic) bond motifs is 1. The SMILES string of the molecule is CC(=O)O[C@@]1(C)CC[C@@]2(O)C=CO[C@@H](O[C@@H]3O[C@H](CO)[C@@H](O)[C@H](O)[C@H]3O)[C@H]21. The Morgan fingerprint density at radius 3 is 2.52 bits per heavy atom. The second-order valence-corrected chi connectivity index (χ2v) is 7.52. The molecule has 2 aliphatic heterocycles. The van der Waals surface area contributed by atoms with E-state index in [0.717, 1.165) is 0 Å². The maximum atomic E-state index is 11.5. The van der Waals surface area contributed by atoms with E-state index in [1.807, 2.05) is 0 Å². The van der Waals surface area contributed by atoms with Gasteiger partial charge in [-0.25, -0.2) is 0 Å². The average molecular weight is 390 g/mol. The predicted molar refractivity (Wildman–Crippen MR) is 86.7 cm³/mol. The number of ether oxygens (including phenoxy) is 4. The lowest BCUT2D eigenvalue weighted by molar-refractivity contribution is -0.350. The topological polar surface area (TPSA) is 155 Å². The lowest BCUT2D eigenvalue weighted by atomic mass is 9.81. The molecule has 27 heavy (non-hydrogen) atoms. The van der Waals surface area contributed by atoms with Crippen LogP contribution in [0.2, 0.25) is 0 Å². The molecule has 0 aromatic heterocycles. The van der Waals surface area contributed by atoms with E-state index in [2.05, 4.69) is 0 Å². The first-order valence-corrected chi connectivity index (χ1v) is 8.82. The van der Waals surface area contributed by atoms with Gasteiger partial charge < -0.3 is 44.5 Å². The van der Waals surface area contributed by atoms with Gasteiger partial charge >= 0.3 is 5.97 Å². The van der Waals surface area contributed by atoms with Gasteiger partial charge in [0.25, 0.3) is 0 Å². The largest absolute Gasteiger partial charge is 0.472 e. The molecule has 1 saturated heterocycles. The van der Waals surface area contributed by atoms with Gasteiger partial charge in [-0.2, -0.15) is 0 Å². The molecule has 2 fully saturated rings. The molecule has 10 nitrogen and oxygen atoms in total. The van der Waals surface area contributed by atoms with Crippen molar-refractivity contribution < 1.29 is 49.3 Å². The molecule has 9 atom stereocenters. The predicted octanol–water partition coefficient (Wildman–Crippen LogP) is -1.86. The van der Waals surface area contributed by atoms with E-state index in [0.29, 0.717) is 12.8 Å². The number of hydrogen-bond donors (Lipinski definition) is 5. The van der Waals surface area contributed by atoms with Crippen LogP contribution in [0.5, 0.6) is 0 Å².